The summed E-state index contributed by atoms with van der Waals surface area (Å²) in [5.41, 5.74) is 6.78. The summed E-state index contributed by atoms with van der Waals surface area (Å²) in [6.07, 6.45) is 0.173. The van der Waals surface area contributed by atoms with Crippen molar-refractivity contribution < 1.29 is 23.7 Å². The summed E-state index contributed by atoms with van der Waals surface area (Å²) in [4.78, 5) is 4.31. The molecule has 3 rings (SSSR count). The highest BCUT2D eigenvalue weighted by atomic mass is 19.2. The zero-order valence-corrected chi connectivity index (χ0v) is 16.1. The van der Waals surface area contributed by atoms with Gasteiger partial charge in [0.25, 0.3) is 0 Å². The minimum absolute atomic E-state index is 0.0265. The van der Waals surface area contributed by atoms with Gasteiger partial charge < -0.3 is 30.7 Å². The zero-order chi connectivity index (χ0) is 21.3. The lowest BCUT2D eigenvalue weighted by Crippen LogP contribution is -2.34. The molecule has 1 saturated carbocycles. The lowest BCUT2D eigenvalue weighted by molar-refractivity contribution is -0.0168. The second-order valence-corrected chi connectivity index (χ2v) is 6.99. The van der Waals surface area contributed by atoms with Crippen LogP contribution < -0.4 is 10.5 Å². The Kier molecular flexibility index (Phi) is 6.11. The molecule has 1 aliphatic rings. The summed E-state index contributed by atoms with van der Waals surface area (Å²) in [7, 11) is 0. The van der Waals surface area contributed by atoms with Crippen LogP contribution in [-0.2, 0) is 6.54 Å². The van der Waals surface area contributed by atoms with Crippen LogP contribution in [0.1, 0.15) is 37.4 Å². The molecule has 1 aromatic heterocycles. The summed E-state index contributed by atoms with van der Waals surface area (Å²) in [6.45, 7) is 3.30. The number of nitrogens with zero attached hydrogens (tertiary/aromatic N) is 2. The van der Waals surface area contributed by atoms with Crippen molar-refractivity contribution in [2.45, 2.75) is 51.2 Å². The fourth-order valence-electron chi connectivity index (χ4n) is 3.62. The van der Waals surface area contributed by atoms with Crippen molar-refractivity contribution in [2.24, 2.45) is 10.7 Å². The molecule has 5 N–H and O–H groups in total. The fraction of sp³-hybridized carbons (Fsp3) is 0.400. The van der Waals surface area contributed by atoms with Gasteiger partial charge in [0, 0.05) is 48.3 Å². The van der Waals surface area contributed by atoms with Crippen molar-refractivity contribution in [3.63, 3.8) is 0 Å². The Labute approximate surface area is 167 Å². The predicted octanol–water partition coefficient (Wildman–Crippen LogP) is 2.45. The van der Waals surface area contributed by atoms with Gasteiger partial charge in [0.2, 0.25) is 0 Å². The maximum absolute atomic E-state index is 13.7. The third-order valence-electron chi connectivity index (χ3n) is 5.10. The highest BCUT2D eigenvalue weighted by Gasteiger charge is 2.45. The van der Waals surface area contributed by atoms with Gasteiger partial charge in [-0.25, -0.2) is 13.8 Å². The molecule has 0 unspecified atom stereocenters. The molecule has 1 aliphatic carbocycles. The van der Waals surface area contributed by atoms with Crippen LogP contribution in [-0.4, -0.2) is 45.0 Å². The fourth-order valence-corrected chi connectivity index (χ4v) is 3.62. The van der Waals surface area contributed by atoms with E-state index in [1.165, 1.54) is 0 Å². The summed E-state index contributed by atoms with van der Waals surface area (Å²) in [6, 6.07) is 3.00. The average molecular weight is 406 g/mol. The van der Waals surface area contributed by atoms with Gasteiger partial charge in [-0.3, -0.25) is 0 Å². The largest absolute Gasteiger partial charge is 0.487 e. The van der Waals surface area contributed by atoms with Gasteiger partial charge in [-0.15, -0.1) is 0 Å². The molecule has 29 heavy (non-hydrogen) atoms. The number of nitrogens with two attached hydrogens (primary N) is 1. The van der Waals surface area contributed by atoms with E-state index in [1.807, 2.05) is 0 Å². The van der Waals surface area contributed by atoms with E-state index in [1.54, 1.807) is 36.9 Å². The number of aliphatic hydroxyl groups excluding tert-OH is 2. The first-order valence-corrected chi connectivity index (χ1v) is 9.24. The number of hydrogen-bond acceptors (Lipinski definition) is 6. The molecule has 1 aromatic carbocycles. The summed E-state index contributed by atoms with van der Waals surface area (Å²) < 4.78 is 34.5. The van der Waals surface area contributed by atoms with Gasteiger partial charge in [-0.1, -0.05) is 0 Å². The Hall–Kier alpha value is -2.62. The number of nitrogens with one attached hydrogen (secondary N) is 1. The molecule has 9 heteroatoms. The molecule has 7 nitrogen and oxygen atoms in total. The standard InChI is InChI=1S/C20H24F2N4O3/c1-3-25-20-12(10(2)24)4-5-26(20)15-8-17(19(28)18(15)27)29-16-7-14(22)13(21)6-11(16)9-23/h3-7,15,17-19,24,27-28H,8-9,23H2,1-2H3/t15-,17+,18+,19-/m1/s1. The SMILES string of the molecule is CC=Nc1c(C(C)=N)ccn1[C@@H]1C[C@H](Oc2cc(F)c(F)cc2CN)[C@@H](O)[C@H]1O. The molecule has 1 heterocycles. The summed E-state index contributed by atoms with van der Waals surface area (Å²) >= 11 is 0. The monoisotopic (exact) mass is 406 g/mol. The van der Waals surface area contributed by atoms with Crippen LogP contribution >= 0.6 is 0 Å². The van der Waals surface area contributed by atoms with Crippen LogP contribution in [0.5, 0.6) is 5.75 Å². The third kappa shape index (κ3) is 3.93. The molecule has 0 spiro atoms. The summed E-state index contributed by atoms with van der Waals surface area (Å²) in [5.74, 6) is -1.60. The molecule has 0 bridgehead atoms. The van der Waals surface area contributed by atoms with E-state index in [4.69, 9.17) is 15.9 Å². The van der Waals surface area contributed by atoms with Crippen molar-refractivity contribution in [3.05, 3.63) is 47.2 Å². The predicted molar refractivity (Wildman–Crippen MR) is 105 cm³/mol. The Morgan fingerprint density at radius 3 is 2.66 bits per heavy atom. The Bertz CT molecular complexity index is 944. The number of rotatable bonds is 6. The molecule has 0 radical (unpaired) electrons. The molecular weight excluding hydrogens is 382 g/mol. The highest BCUT2D eigenvalue weighted by molar-refractivity contribution is 6.00. The molecule has 0 aliphatic heterocycles. The lowest BCUT2D eigenvalue weighted by Gasteiger charge is -2.20. The van der Waals surface area contributed by atoms with E-state index in [0.29, 0.717) is 17.1 Å². The van der Waals surface area contributed by atoms with Crippen LogP contribution in [0, 0.1) is 17.0 Å². The van der Waals surface area contributed by atoms with Gasteiger partial charge in [0.05, 0.1) is 6.04 Å². The van der Waals surface area contributed by atoms with Gasteiger partial charge >= 0.3 is 0 Å². The zero-order valence-electron chi connectivity index (χ0n) is 16.1. The van der Waals surface area contributed by atoms with E-state index in [2.05, 4.69) is 4.99 Å². The molecular formula is C20H24F2N4O3. The van der Waals surface area contributed by atoms with Crippen molar-refractivity contribution in [3.8, 4) is 5.75 Å². The number of ether oxygens (including phenoxy) is 1. The maximum atomic E-state index is 13.7. The van der Waals surface area contributed by atoms with E-state index in [-0.39, 0.29) is 24.3 Å². The summed E-state index contributed by atoms with van der Waals surface area (Å²) in [5, 5.41) is 29.0. The first kappa shape index (κ1) is 21.1. The van der Waals surface area contributed by atoms with Crippen LogP contribution in [0.4, 0.5) is 14.6 Å². The van der Waals surface area contributed by atoms with E-state index >= 15 is 0 Å². The van der Waals surface area contributed by atoms with Crippen LogP contribution in [0.2, 0.25) is 0 Å². The molecule has 0 saturated heterocycles. The second kappa shape index (κ2) is 8.40. The van der Waals surface area contributed by atoms with Crippen LogP contribution in [0.25, 0.3) is 0 Å². The topological polar surface area (TPSA) is 117 Å². The van der Waals surface area contributed by atoms with E-state index < -0.39 is 36.0 Å². The number of aliphatic hydroxyl groups is 2. The van der Waals surface area contributed by atoms with Crippen molar-refractivity contribution in [1.82, 2.24) is 4.57 Å². The quantitative estimate of drug-likeness (QED) is 0.551. The molecule has 0 amide bonds. The van der Waals surface area contributed by atoms with E-state index in [9.17, 15) is 19.0 Å². The van der Waals surface area contributed by atoms with E-state index in [0.717, 1.165) is 12.1 Å². The smallest absolute Gasteiger partial charge is 0.162 e. The third-order valence-corrected chi connectivity index (χ3v) is 5.10. The van der Waals surface area contributed by atoms with Gasteiger partial charge in [0.1, 0.15) is 29.9 Å². The maximum Gasteiger partial charge on any atom is 0.162 e. The molecule has 1 fully saturated rings. The molecule has 156 valence electrons. The minimum atomic E-state index is -1.26. The number of halogens is 2. The normalized spacial score (nSPS) is 24.4. The first-order chi connectivity index (χ1) is 13.8. The first-order valence-electron chi connectivity index (χ1n) is 9.24. The Morgan fingerprint density at radius 2 is 2.03 bits per heavy atom. The number of hydrogen-bond donors (Lipinski definition) is 4. The Balaban J connectivity index is 1.91. The van der Waals surface area contributed by atoms with Gasteiger partial charge in [0.15, 0.2) is 11.6 Å². The van der Waals surface area contributed by atoms with Gasteiger partial charge in [-0.2, -0.15) is 0 Å². The lowest BCUT2D eigenvalue weighted by atomic mass is 10.1. The van der Waals surface area contributed by atoms with Crippen LogP contribution in [0.3, 0.4) is 0 Å². The molecule has 2 aromatic rings. The van der Waals surface area contributed by atoms with Gasteiger partial charge in [-0.05, 0) is 26.0 Å². The number of benzene rings is 1. The minimum Gasteiger partial charge on any atom is -0.487 e. The van der Waals surface area contributed by atoms with Crippen molar-refractivity contribution in [1.29, 1.82) is 5.41 Å². The number of aliphatic imine (C=N–C) groups is 1. The van der Waals surface area contributed by atoms with Crippen LogP contribution in [0.15, 0.2) is 29.4 Å². The number of aromatic nitrogens is 1. The molecule has 4 atom stereocenters. The van der Waals surface area contributed by atoms with Crippen molar-refractivity contribution >= 4 is 17.7 Å². The highest BCUT2D eigenvalue weighted by Crippen LogP contribution is 2.38. The average Bonchev–Trinajstić information content (AvgIpc) is 3.21. The second-order valence-electron chi connectivity index (χ2n) is 6.99. The van der Waals surface area contributed by atoms with Crippen molar-refractivity contribution in [2.75, 3.05) is 0 Å². The Morgan fingerprint density at radius 1 is 1.34 bits per heavy atom.